The predicted molar refractivity (Wildman–Crippen MR) is 93.0 cm³/mol. The number of amides is 2. The van der Waals surface area contributed by atoms with Crippen molar-refractivity contribution in [2.45, 2.75) is 0 Å². The molecule has 0 fully saturated rings. The molecule has 2 N–H and O–H groups in total. The largest absolute Gasteiger partial charge is 0.495 e. The van der Waals surface area contributed by atoms with Crippen molar-refractivity contribution in [3.05, 3.63) is 47.0 Å². The lowest BCUT2D eigenvalue weighted by Gasteiger charge is -2.13. The molecule has 2 amide bonds. The molecule has 8 heteroatoms. The number of ether oxygens (including phenoxy) is 2. The van der Waals surface area contributed by atoms with E-state index in [0.717, 1.165) is 0 Å². The zero-order valence-corrected chi connectivity index (χ0v) is 14.2. The van der Waals surface area contributed by atoms with Gasteiger partial charge in [0.2, 0.25) is 0 Å². The van der Waals surface area contributed by atoms with Gasteiger partial charge in [-0.05, 0) is 12.1 Å². The smallest absolute Gasteiger partial charge is 0.314 e. The maximum atomic E-state index is 12.1. The van der Waals surface area contributed by atoms with E-state index in [2.05, 4.69) is 10.6 Å². The SMILES string of the molecule is COc1cc(NC(=O)C(=O)Nc2ccccc2C#N)c(OC)cc1Cl. The van der Waals surface area contributed by atoms with Crippen molar-refractivity contribution in [3.8, 4) is 17.6 Å². The molecule has 2 rings (SSSR count). The third-order valence-corrected chi connectivity index (χ3v) is 3.52. The van der Waals surface area contributed by atoms with Gasteiger partial charge in [0, 0.05) is 12.1 Å². The molecule has 0 aliphatic heterocycles. The monoisotopic (exact) mass is 359 g/mol. The van der Waals surface area contributed by atoms with Gasteiger partial charge in [-0.3, -0.25) is 9.59 Å². The minimum atomic E-state index is -0.935. The van der Waals surface area contributed by atoms with Gasteiger partial charge in [-0.1, -0.05) is 23.7 Å². The van der Waals surface area contributed by atoms with Crippen molar-refractivity contribution in [2.75, 3.05) is 24.9 Å². The van der Waals surface area contributed by atoms with Crippen LogP contribution in [0.2, 0.25) is 5.02 Å². The lowest BCUT2D eigenvalue weighted by Crippen LogP contribution is -2.29. The third-order valence-electron chi connectivity index (χ3n) is 3.22. The highest BCUT2D eigenvalue weighted by Gasteiger charge is 2.19. The number of carbonyl (C=O) groups is 2. The van der Waals surface area contributed by atoms with Crippen LogP contribution in [-0.4, -0.2) is 26.0 Å². The molecule has 0 unspecified atom stereocenters. The first-order valence-corrected chi connectivity index (χ1v) is 7.41. The van der Waals surface area contributed by atoms with E-state index >= 15 is 0 Å². The lowest BCUT2D eigenvalue weighted by atomic mass is 10.2. The number of hydrogen-bond donors (Lipinski definition) is 2. The van der Waals surface area contributed by atoms with E-state index < -0.39 is 11.8 Å². The Balaban J connectivity index is 2.19. The fraction of sp³-hybridized carbons (Fsp3) is 0.118. The van der Waals surface area contributed by atoms with Gasteiger partial charge >= 0.3 is 11.8 Å². The van der Waals surface area contributed by atoms with Crippen LogP contribution in [0.3, 0.4) is 0 Å². The highest BCUT2D eigenvalue weighted by molar-refractivity contribution is 6.44. The fourth-order valence-electron chi connectivity index (χ4n) is 2.01. The van der Waals surface area contributed by atoms with Crippen LogP contribution in [0.4, 0.5) is 11.4 Å². The number of nitrogens with zero attached hydrogens (tertiary/aromatic N) is 1. The summed E-state index contributed by atoms with van der Waals surface area (Å²) in [6.45, 7) is 0. The molecule has 0 saturated carbocycles. The first-order valence-electron chi connectivity index (χ1n) is 7.03. The minimum Gasteiger partial charge on any atom is -0.495 e. The number of para-hydroxylation sites is 1. The summed E-state index contributed by atoms with van der Waals surface area (Å²) in [6, 6.07) is 11.2. The van der Waals surface area contributed by atoms with Crippen molar-refractivity contribution in [1.29, 1.82) is 5.26 Å². The summed E-state index contributed by atoms with van der Waals surface area (Å²) >= 11 is 5.99. The Morgan fingerprint density at radius 3 is 2.20 bits per heavy atom. The topological polar surface area (TPSA) is 100 Å². The normalized spacial score (nSPS) is 9.68. The molecule has 0 spiro atoms. The molecule has 0 heterocycles. The number of benzene rings is 2. The molecule has 2 aromatic rings. The summed E-state index contributed by atoms with van der Waals surface area (Å²) in [6.07, 6.45) is 0. The van der Waals surface area contributed by atoms with E-state index in [1.807, 2.05) is 6.07 Å². The highest BCUT2D eigenvalue weighted by Crippen LogP contribution is 2.35. The summed E-state index contributed by atoms with van der Waals surface area (Å²) in [5, 5.41) is 14.1. The molecule has 0 radical (unpaired) electrons. The Morgan fingerprint density at radius 2 is 1.60 bits per heavy atom. The molecule has 7 nitrogen and oxygen atoms in total. The van der Waals surface area contributed by atoms with Crippen LogP contribution < -0.4 is 20.1 Å². The molecule has 0 bridgehead atoms. The Morgan fingerprint density at radius 1 is 1.00 bits per heavy atom. The Bertz CT molecular complexity index is 861. The zero-order chi connectivity index (χ0) is 18.4. The van der Waals surface area contributed by atoms with Crippen LogP contribution in [0, 0.1) is 11.3 Å². The quantitative estimate of drug-likeness (QED) is 0.817. The van der Waals surface area contributed by atoms with Crippen LogP contribution in [-0.2, 0) is 9.59 Å². The first-order chi connectivity index (χ1) is 12.0. The van der Waals surface area contributed by atoms with Gasteiger partial charge in [0.05, 0.1) is 36.2 Å². The average molecular weight is 360 g/mol. The number of halogens is 1. The number of rotatable bonds is 4. The van der Waals surface area contributed by atoms with E-state index in [4.69, 9.17) is 26.3 Å². The molecular weight excluding hydrogens is 346 g/mol. The molecule has 0 aliphatic rings. The highest BCUT2D eigenvalue weighted by atomic mass is 35.5. The fourth-order valence-corrected chi connectivity index (χ4v) is 2.24. The Labute approximate surface area is 149 Å². The van der Waals surface area contributed by atoms with Gasteiger partial charge in [0.15, 0.2) is 0 Å². The number of methoxy groups -OCH3 is 2. The summed E-state index contributed by atoms with van der Waals surface area (Å²) < 4.78 is 10.2. The third kappa shape index (κ3) is 4.19. The lowest BCUT2D eigenvalue weighted by molar-refractivity contribution is -0.133. The van der Waals surface area contributed by atoms with Gasteiger partial charge in [0.25, 0.3) is 0 Å². The van der Waals surface area contributed by atoms with Crippen molar-refractivity contribution < 1.29 is 19.1 Å². The summed E-state index contributed by atoms with van der Waals surface area (Å²) in [5.41, 5.74) is 0.706. The van der Waals surface area contributed by atoms with Crippen LogP contribution in [0.25, 0.3) is 0 Å². The van der Waals surface area contributed by atoms with Gasteiger partial charge in [-0.25, -0.2) is 0 Å². The maximum absolute atomic E-state index is 12.1. The number of nitriles is 1. The molecular formula is C17H14ClN3O4. The van der Waals surface area contributed by atoms with Crippen molar-refractivity contribution >= 4 is 34.8 Å². The van der Waals surface area contributed by atoms with Gasteiger partial charge < -0.3 is 20.1 Å². The summed E-state index contributed by atoms with van der Waals surface area (Å²) in [4.78, 5) is 24.2. The molecule has 0 saturated heterocycles. The number of hydrogen-bond acceptors (Lipinski definition) is 5. The molecule has 0 aromatic heterocycles. The second-order valence-corrected chi connectivity index (χ2v) is 5.16. The second-order valence-electron chi connectivity index (χ2n) is 4.75. The molecule has 0 atom stereocenters. The van der Waals surface area contributed by atoms with E-state index in [1.165, 1.54) is 38.5 Å². The minimum absolute atomic E-state index is 0.220. The standard InChI is InChI=1S/C17H14ClN3O4/c1-24-14-8-13(15(25-2)7-11(14)18)21-17(23)16(22)20-12-6-4-3-5-10(12)9-19/h3-8H,1-2H3,(H,20,22)(H,21,23). The van der Waals surface area contributed by atoms with Crippen molar-refractivity contribution in [2.24, 2.45) is 0 Å². The zero-order valence-electron chi connectivity index (χ0n) is 13.4. The average Bonchev–Trinajstić information content (AvgIpc) is 2.62. The van der Waals surface area contributed by atoms with Gasteiger partial charge in [-0.15, -0.1) is 0 Å². The first kappa shape index (κ1) is 18.1. The predicted octanol–water partition coefficient (Wildman–Crippen LogP) is 2.81. The van der Waals surface area contributed by atoms with Crippen LogP contribution in [0.15, 0.2) is 36.4 Å². The van der Waals surface area contributed by atoms with Gasteiger partial charge in [0.1, 0.15) is 17.6 Å². The molecule has 25 heavy (non-hydrogen) atoms. The summed E-state index contributed by atoms with van der Waals surface area (Å²) in [5.74, 6) is -1.29. The second kappa shape index (κ2) is 8.04. The van der Waals surface area contributed by atoms with E-state index in [-0.39, 0.29) is 22.7 Å². The molecule has 2 aromatic carbocycles. The molecule has 128 valence electrons. The van der Waals surface area contributed by atoms with Crippen molar-refractivity contribution in [1.82, 2.24) is 0 Å². The summed E-state index contributed by atoms with van der Waals surface area (Å²) in [7, 11) is 2.82. The van der Waals surface area contributed by atoms with Gasteiger partial charge in [-0.2, -0.15) is 5.26 Å². The van der Waals surface area contributed by atoms with E-state index in [0.29, 0.717) is 10.8 Å². The van der Waals surface area contributed by atoms with Crippen LogP contribution in [0.5, 0.6) is 11.5 Å². The number of nitrogens with one attached hydrogen (secondary N) is 2. The van der Waals surface area contributed by atoms with E-state index in [1.54, 1.807) is 12.1 Å². The van der Waals surface area contributed by atoms with Crippen molar-refractivity contribution in [3.63, 3.8) is 0 Å². The Kier molecular flexibility index (Phi) is 5.82. The molecule has 0 aliphatic carbocycles. The number of anilines is 2. The van der Waals surface area contributed by atoms with E-state index in [9.17, 15) is 9.59 Å². The maximum Gasteiger partial charge on any atom is 0.314 e. The Hall–Kier alpha value is -3.24. The van der Waals surface area contributed by atoms with Crippen LogP contribution in [0.1, 0.15) is 5.56 Å². The van der Waals surface area contributed by atoms with Crippen LogP contribution >= 0.6 is 11.6 Å². The number of carbonyl (C=O) groups excluding carboxylic acids is 2.